The normalized spacial score (nSPS) is 29.5. The van der Waals surface area contributed by atoms with Crippen LogP contribution in [0, 0.1) is 5.92 Å². The van der Waals surface area contributed by atoms with Crippen molar-refractivity contribution in [2.24, 2.45) is 5.92 Å². The van der Waals surface area contributed by atoms with E-state index in [-0.39, 0.29) is 0 Å². The summed E-state index contributed by atoms with van der Waals surface area (Å²) in [7, 11) is 2.11. The summed E-state index contributed by atoms with van der Waals surface area (Å²) in [6.07, 6.45) is 5.12. The predicted molar refractivity (Wildman–Crippen MR) is 104 cm³/mol. The van der Waals surface area contributed by atoms with Crippen LogP contribution in [0.4, 0.5) is 5.82 Å². The van der Waals surface area contributed by atoms with E-state index in [9.17, 15) is 5.11 Å². The largest absolute Gasteiger partial charge is 0.386 e. The van der Waals surface area contributed by atoms with Crippen molar-refractivity contribution in [1.82, 2.24) is 24.4 Å². The summed E-state index contributed by atoms with van der Waals surface area (Å²) < 4.78 is 7.29. The average molecular weight is 374 g/mol. The summed E-state index contributed by atoms with van der Waals surface area (Å²) in [5, 5.41) is 10.7. The fraction of sp³-hybridized carbons (Fsp3) is 0.737. The van der Waals surface area contributed by atoms with Crippen LogP contribution in [0.1, 0.15) is 26.7 Å². The van der Waals surface area contributed by atoms with Crippen LogP contribution in [0.2, 0.25) is 0 Å². The monoisotopic (exact) mass is 374 g/mol. The number of piperidine rings is 1. The highest BCUT2D eigenvalue weighted by Gasteiger charge is 2.34. The number of hydrogen-bond donors (Lipinski definition) is 1. The Hall–Kier alpha value is -1.77. The van der Waals surface area contributed by atoms with Gasteiger partial charge in [-0.3, -0.25) is 0 Å². The van der Waals surface area contributed by atoms with E-state index in [4.69, 9.17) is 4.74 Å². The molecule has 0 radical (unpaired) electrons. The van der Waals surface area contributed by atoms with Gasteiger partial charge in [-0.15, -0.1) is 0 Å². The number of nitrogens with zero attached hydrogens (tertiary/aromatic N) is 6. The van der Waals surface area contributed by atoms with Crippen molar-refractivity contribution in [1.29, 1.82) is 0 Å². The number of imidazole rings is 1. The smallest absolute Gasteiger partial charge is 0.165 e. The number of aromatic nitrogens is 4. The Labute approximate surface area is 160 Å². The number of rotatable bonds is 5. The van der Waals surface area contributed by atoms with Gasteiger partial charge in [-0.2, -0.15) is 0 Å². The highest BCUT2D eigenvalue weighted by Crippen LogP contribution is 2.29. The Morgan fingerprint density at radius 1 is 1.37 bits per heavy atom. The molecule has 0 amide bonds. The quantitative estimate of drug-likeness (QED) is 0.841. The molecule has 1 N–H and O–H groups in total. The Balaban J connectivity index is 1.59. The van der Waals surface area contributed by atoms with Crippen LogP contribution in [0.3, 0.4) is 0 Å². The van der Waals surface area contributed by atoms with Crippen LogP contribution in [0.25, 0.3) is 11.2 Å². The second kappa shape index (κ2) is 7.33. The van der Waals surface area contributed by atoms with E-state index in [1.807, 2.05) is 4.57 Å². The summed E-state index contributed by atoms with van der Waals surface area (Å²) in [5.41, 5.74) is 0.727. The molecule has 0 aromatic carbocycles. The van der Waals surface area contributed by atoms with Crippen molar-refractivity contribution in [3.63, 3.8) is 0 Å². The first kappa shape index (κ1) is 18.6. The molecule has 27 heavy (non-hydrogen) atoms. The molecule has 0 saturated carbocycles. The van der Waals surface area contributed by atoms with Crippen molar-refractivity contribution in [2.45, 2.75) is 44.9 Å². The number of fused-ring (bicyclic) bond motifs is 1. The Morgan fingerprint density at radius 2 is 2.22 bits per heavy atom. The van der Waals surface area contributed by atoms with Crippen LogP contribution in [-0.4, -0.2) is 81.1 Å². The highest BCUT2D eigenvalue weighted by molar-refractivity contribution is 5.83. The Morgan fingerprint density at radius 3 is 2.93 bits per heavy atom. The standard InChI is InChI=1S/C19H30N6O2/c1-4-24-7-5-15(14(2)9-24)23(3)17-16-18(21-12-20-17)25(13-22-16)10-19(26)6-8-27-11-19/h12-15,26H,4-11H2,1-3H3. The van der Waals surface area contributed by atoms with Crippen molar-refractivity contribution < 1.29 is 9.84 Å². The molecule has 3 unspecified atom stereocenters. The van der Waals surface area contributed by atoms with Gasteiger partial charge in [-0.25, -0.2) is 15.0 Å². The van der Waals surface area contributed by atoms with Crippen LogP contribution in [-0.2, 0) is 11.3 Å². The van der Waals surface area contributed by atoms with Gasteiger partial charge in [-0.1, -0.05) is 13.8 Å². The molecule has 0 bridgehead atoms. The van der Waals surface area contributed by atoms with E-state index in [0.717, 1.165) is 43.0 Å². The van der Waals surface area contributed by atoms with Gasteiger partial charge in [-0.05, 0) is 18.9 Å². The van der Waals surface area contributed by atoms with E-state index >= 15 is 0 Å². The number of hydrogen-bond acceptors (Lipinski definition) is 7. The highest BCUT2D eigenvalue weighted by atomic mass is 16.5. The third-order valence-corrected chi connectivity index (χ3v) is 6.15. The lowest BCUT2D eigenvalue weighted by molar-refractivity contribution is 0.0126. The molecule has 2 aromatic rings. The molecule has 8 nitrogen and oxygen atoms in total. The molecule has 4 rings (SSSR count). The second-order valence-corrected chi connectivity index (χ2v) is 8.11. The van der Waals surface area contributed by atoms with Gasteiger partial charge in [0, 0.05) is 39.2 Å². The van der Waals surface area contributed by atoms with E-state index in [2.05, 4.69) is 45.6 Å². The molecule has 2 aliphatic rings. The molecule has 148 valence electrons. The summed E-state index contributed by atoms with van der Waals surface area (Å²) in [5.74, 6) is 1.43. The molecule has 0 spiro atoms. The molecular weight excluding hydrogens is 344 g/mol. The first-order valence-corrected chi connectivity index (χ1v) is 9.92. The number of likely N-dealkylation sites (tertiary alicyclic amines) is 1. The number of ether oxygens (including phenoxy) is 1. The first-order chi connectivity index (χ1) is 13.0. The molecule has 2 saturated heterocycles. The Bertz CT molecular complexity index is 788. The topological polar surface area (TPSA) is 79.5 Å². The van der Waals surface area contributed by atoms with E-state index < -0.39 is 5.60 Å². The van der Waals surface area contributed by atoms with Crippen molar-refractivity contribution >= 4 is 17.0 Å². The maximum atomic E-state index is 10.7. The van der Waals surface area contributed by atoms with Gasteiger partial charge in [0.1, 0.15) is 11.9 Å². The van der Waals surface area contributed by atoms with Gasteiger partial charge in [0.05, 0.1) is 19.5 Å². The number of anilines is 1. The van der Waals surface area contributed by atoms with Crippen LogP contribution < -0.4 is 4.90 Å². The molecule has 2 fully saturated rings. The summed E-state index contributed by atoms with van der Waals surface area (Å²) in [6.45, 7) is 9.27. The fourth-order valence-corrected chi connectivity index (χ4v) is 4.52. The maximum Gasteiger partial charge on any atom is 0.165 e. The summed E-state index contributed by atoms with van der Waals surface area (Å²) in [4.78, 5) is 18.4. The summed E-state index contributed by atoms with van der Waals surface area (Å²) >= 11 is 0. The SMILES string of the molecule is CCN1CCC(N(C)c2ncnc3c2ncn3CC2(O)CCOC2)C(C)C1. The van der Waals surface area contributed by atoms with Gasteiger partial charge in [0.15, 0.2) is 17.0 Å². The molecular formula is C19H30N6O2. The van der Waals surface area contributed by atoms with Gasteiger partial charge >= 0.3 is 0 Å². The lowest BCUT2D eigenvalue weighted by Gasteiger charge is -2.41. The zero-order valence-corrected chi connectivity index (χ0v) is 16.5. The van der Waals surface area contributed by atoms with Crippen molar-refractivity contribution in [3.05, 3.63) is 12.7 Å². The van der Waals surface area contributed by atoms with Crippen molar-refractivity contribution in [2.75, 3.05) is 44.8 Å². The Kier molecular flexibility index (Phi) is 5.05. The molecule has 4 heterocycles. The molecule has 3 atom stereocenters. The van der Waals surface area contributed by atoms with E-state index in [1.165, 1.54) is 0 Å². The lowest BCUT2D eigenvalue weighted by Crippen LogP contribution is -2.49. The van der Waals surface area contributed by atoms with Crippen LogP contribution in [0.15, 0.2) is 12.7 Å². The molecule has 2 aliphatic heterocycles. The minimum atomic E-state index is -0.841. The summed E-state index contributed by atoms with van der Waals surface area (Å²) in [6, 6.07) is 0.434. The molecule has 8 heteroatoms. The molecule has 0 aliphatic carbocycles. The predicted octanol–water partition coefficient (Wildman–Crippen LogP) is 1.14. The third-order valence-electron chi connectivity index (χ3n) is 6.15. The average Bonchev–Trinajstić information content (AvgIpc) is 3.28. The van der Waals surface area contributed by atoms with Crippen LogP contribution >= 0.6 is 0 Å². The zero-order valence-electron chi connectivity index (χ0n) is 16.5. The van der Waals surface area contributed by atoms with Crippen LogP contribution in [0.5, 0.6) is 0 Å². The minimum absolute atomic E-state index is 0.359. The van der Waals surface area contributed by atoms with E-state index in [0.29, 0.717) is 38.1 Å². The van der Waals surface area contributed by atoms with Gasteiger partial charge in [0.25, 0.3) is 0 Å². The molecule has 2 aromatic heterocycles. The van der Waals surface area contributed by atoms with Gasteiger partial charge in [0.2, 0.25) is 0 Å². The lowest BCUT2D eigenvalue weighted by atomic mass is 9.92. The third kappa shape index (κ3) is 3.53. The number of aliphatic hydroxyl groups is 1. The van der Waals surface area contributed by atoms with Gasteiger partial charge < -0.3 is 24.2 Å². The van der Waals surface area contributed by atoms with E-state index in [1.54, 1.807) is 12.7 Å². The first-order valence-electron chi connectivity index (χ1n) is 9.92. The maximum absolute atomic E-state index is 10.7. The zero-order chi connectivity index (χ0) is 19.0. The van der Waals surface area contributed by atoms with Crippen molar-refractivity contribution in [3.8, 4) is 0 Å². The minimum Gasteiger partial charge on any atom is -0.386 e. The second-order valence-electron chi connectivity index (χ2n) is 8.11. The fourth-order valence-electron chi connectivity index (χ4n) is 4.52.